The molecule has 0 unspecified atom stereocenters. The van der Waals surface area contributed by atoms with Gasteiger partial charge in [-0.05, 0) is 55.5 Å². The van der Waals surface area contributed by atoms with E-state index in [9.17, 15) is 35.1 Å². The number of carbonyl (C=O) groups excluding carboxylic acids is 1. The minimum absolute atomic E-state index is 0.0626. The van der Waals surface area contributed by atoms with Crippen LogP contribution in [-0.4, -0.2) is 36.2 Å². The van der Waals surface area contributed by atoms with Gasteiger partial charge in [-0.25, -0.2) is 4.68 Å². The van der Waals surface area contributed by atoms with Crippen molar-refractivity contribution in [1.29, 1.82) is 0 Å². The Bertz CT molecular complexity index is 2080. The maximum absolute atomic E-state index is 13.6. The molecule has 0 aliphatic carbocycles. The van der Waals surface area contributed by atoms with E-state index in [1.807, 2.05) is 30.3 Å². The Labute approximate surface area is 252 Å². The van der Waals surface area contributed by atoms with Crippen LogP contribution in [0.1, 0.15) is 12.5 Å². The third kappa shape index (κ3) is 5.32. The average molecular weight is 606 g/mol. The number of furan rings is 1. The van der Waals surface area contributed by atoms with E-state index in [4.69, 9.17) is 9.52 Å². The quantitative estimate of drug-likeness (QED) is 0.110. The SMILES string of the molecule is CC1=NN(c2ccc([N+](=O)[O-])cc2[N+](=O)[O-])C(=O)/C1=C/c1cn(-c2ccccc2)nc1-c1ccc(-c2ccc([N+](=O)[O-])cc2)o1. The number of non-ortho nitro benzene ring substituents is 2. The van der Waals surface area contributed by atoms with E-state index in [0.29, 0.717) is 28.3 Å². The molecule has 6 rings (SSSR count). The van der Waals surface area contributed by atoms with Crippen molar-refractivity contribution in [3.63, 3.8) is 0 Å². The fourth-order valence-corrected chi connectivity index (χ4v) is 4.72. The Morgan fingerprint density at radius 3 is 2.13 bits per heavy atom. The van der Waals surface area contributed by atoms with Crippen LogP contribution in [-0.2, 0) is 4.79 Å². The predicted molar refractivity (Wildman–Crippen MR) is 162 cm³/mol. The van der Waals surface area contributed by atoms with Gasteiger partial charge in [0, 0.05) is 35.5 Å². The standard InChI is InChI=1S/C30H19N7O8/c1-18-24(30(38)34(31-18)25-12-11-23(36(41)42)16-26(25)37(43)44)15-20-17-33(21-5-3-2-4-6-21)32-29(20)28-14-13-27(45-28)19-7-9-22(10-8-19)35(39)40/h2-17H,1H3/b24-15+. The molecule has 1 amide bonds. The zero-order chi connectivity index (χ0) is 31.8. The first kappa shape index (κ1) is 28.4. The molecule has 3 aromatic carbocycles. The van der Waals surface area contributed by atoms with Gasteiger partial charge in [0.25, 0.3) is 17.3 Å². The molecule has 0 atom stereocenters. The number of rotatable bonds is 8. The maximum Gasteiger partial charge on any atom is 0.301 e. The third-order valence-electron chi connectivity index (χ3n) is 6.92. The van der Waals surface area contributed by atoms with Crippen LogP contribution in [0.2, 0.25) is 0 Å². The monoisotopic (exact) mass is 605 g/mol. The molecule has 5 aromatic rings. The van der Waals surface area contributed by atoms with Crippen molar-refractivity contribution in [3.05, 3.63) is 133 Å². The second kappa shape index (κ2) is 11.1. The predicted octanol–water partition coefficient (Wildman–Crippen LogP) is 6.33. The second-order valence-corrected chi connectivity index (χ2v) is 9.73. The highest BCUT2D eigenvalue weighted by Gasteiger charge is 2.34. The molecule has 3 heterocycles. The van der Waals surface area contributed by atoms with E-state index in [1.165, 1.54) is 18.2 Å². The number of amides is 1. The van der Waals surface area contributed by atoms with Gasteiger partial charge < -0.3 is 4.42 Å². The Morgan fingerprint density at radius 1 is 0.800 bits per heavy atom. The smallest absolute Gasteiger partial charge is 0.301 e. The van der Waals surface area contributed by atoms with Crippen LogP contribution in [0.4, 0.5) is 22.7 Å². The van der Waals surface area contributed by atoms with Gasteiger partial charge in [-0.15, -0.1) is 0 Å². The van der Waals surface area contributed by atoms with Gasteiger partial charge >= 0.3 is 5.69 Å². The van der Waals surface area contributed by atoms with E-state index in [2.05, 4.69) is 5.10 Å². The molecule has 0 saturated heterocycles. The topological polar surface area (TPSA) is 193 Å². The molecule has 0 saturated carbocycles. The fraction of sp³-hybridized carbons (Fsp3) is 0.0333. The molecule has 222 valence electrons. The zero-order valence-electron chi connectivity index (χ0n) is 23.1. The average Bonchev–Trinajstić information content (AvgIpc) is 3.76. The van der Waals surface area contributed by atoms with E-state index < -0.39 is 32.1 Å². The lowest BCUT2D eigenvalue weighted by Gasteiger charge is -2.11. The van der Waals surface area contributed by atoms with Crippen molar-refractivity contribution < 1.29 is 24.0 Å². The molecule has 1 aliphatic heterocycles. The number of benzene rings is 3. The summed E-state index contributed by atoms with van der Waals surface area (Å²) in [6, 6.07) is 21.4. The number of nitro groups is 3. The first-order valence-electron chi connectivity index (χ1n) is 13.2. The number of aromatic nitrogens is 2. The highest BCUT2D eigenvalue weighted by Crippen LogP contribution is 2.37. The molecule has 15 heteroatoms. The first-order chi connectivity index (χ1) is 21.6. The highest BCUT2D eigenvalue weighted by atomic mass is 16.6. The maximum atomic E-state index is 13.6. The van der Waals surface area contributed by atoms with Gasteiger partial charge in [0.15, 0.2) is 5.76 Å². The highest BCUT2D eigenvalue weighted by molar-refractivity contribution is 6.32. The summed E-state index contributed by atoms with van der Waals surface area (Å²) in [7, 11) is 0. The number of hydrazone groups is 1. The summed E-state index contributed by atoms with van der Waals surface area (Å²) in [5, 5.41) is 43.7. The number of anilines is 1. The largest absolute Gasteiger partial charge is 0.454 e. The number of carbonyl (C=O) groups is 1. The van der Waals surface area contributed by atoms with Crippen molar-refractivity contribution >= 4 is 40.4 Å². The molecular weight excluding hydrogens is 586 g/mol. The Hall–Kier alpha value is -6.77. The van der Waals surface area contributed by atoms with E-state index in [0.717, 1.165) is 28.9 Å². The van der Waals surface area contributed by atoms with Crippen LogP contribution in [0.25, 0.3) is 34.5 Å². The number of hydrogen-bond donors (Lipinski definition) is 0. The summed E-state index contributed by atoms with van der Waals surface area (Å²) in [4.78, 5) is 45.5. The minimum atomic E-state index is -0.816. The molecular formula is C30H19N7O8. The van der Waals surface area contributed by atoms with E-state index in [-0.39, 0.29) is 22.7 Å². The lowest BCUT2D eigenvalue weighted by Crippen LogP contribution is -2.22. The summed E-state index contributed by atoms with van der Waals surface area (Å²) in [5.41, 5.74) is 1.06. The van der Waals surface area contributed by atoms with Crippen LogP contribution in [0.15, 0.2) is 106 Å². The van der Waals surface area contributed by atoms with Crippen LogP contribution in [0.3, 0.4) is 0 Å². The summed E-state index contributed by atoms with van der Waals surface area (Å²) in [6.45, 7) is 1.56. The summed E-state index contributed by atoms with van der Waals surface area (Å²) in [5.74, 6) is 0.0840. The number of nitrogens with zero attached hydrogens (tertiary/aromatic N) is 7. The molecule has 0 fully saturated rings. The lowest BCUT2D eigenvalue weighted by molar-refractivity contribution is -0.393. The molecule has 1 aliphatic rings. The van der Waals surface area contributed by atoms with Crippen LogP contribution < -0.4 is 5.01 Å². The van der Waals surface area contributed by atoms with Gasteiger partial charge in [0.05, 0.1) is 37.8 Å². The van der Waals surface area contributed by atoms with Crippen molar-refractivity contribution in [1.82, 2.24) is 9.78 Å². The van der Waals surface area contributed by atoms with E-state index in [1.54, 1.807) is 42.1 Å². The molecule has 15 nitrogen and oxygen atoms in total. The van der Waals surface area contributed by atoms with Crippen LogP contribution >= 0.6 is 0 Å². The first-order valence-corrected chi connectivity index (χ1v) is 13.2. The van der Waals surface area contributed by atoms with Gasteiger partial charge in [-0.3, -0.25) is 35.1 Å². The zero-order valence-corrected chi connectivity index (χ0v) is 23.1. The van der Waals surface area contributed by atoms with Gasteiger partial charge in [0.2, 0.25) is 0 Å². The summed E-state index contributed by atoms with van der Waals surface area (Å²) < 4.78 is 7.69. The molecule has 0 radical (unpaired) electrons. The third-order valence-corrected chi connectivity index (χ3v) is 6.92. The number of nitro benzene ring substituents is 3. The van der Waals surface area contributed by atoms with Gasteiger partial charge in [0.1, 0.15) is 17.1 Å². The van der Waals surface area contributed by atoms with Crippen molar-refractivity contribution in [2.45, 2.75) is 6.92 Å². The number of hydrogen-bond acceptors (Lipinski definition) is 10. The van der Waals surface area contributed by atoms with Gasteiger partial charge in [-0.1, -0.05) is 18.2 Å². The number of para-hydroxylation sites is 1. The molecule has 2 aromatic heterocycles. The Morgan fingerprint density at radius 2 is 1.47 bits per heavy atom. The molecule has 0 bridgehead atoms. The van der Waals surface area contributed by atoms with Crippen molar-refractivity contribution in [2.75, 3.05) is 5.01 Å². The minimum Gasteiger partial charge on any atom is -0.454 e. The van der Waals surface area contributed by atoms with Crippen LogP contribution in [0, 0.1) is 30.3 Å². The van der Waals surface area contributed by atoms with E-state index >= 15 is 0 Å². The van der Waals surface area contributed by atoms with Crippen molar-refractivity contribution in [2.24, 2.45) is 5.10 Å². The normalized spacial score (nSPS) is 13.7. The second-order valence-electron chi connectivity index (χ2n) is 9.73. The summed E-state index contributed by atoms with van der Waals surface area (Å²) in [6.07, 6.45) is 3.22. The molecule has 0 N–H and O–H groups in total. The van der Waals surface area contributed by atoms with Gasteiger partial charge in [-0.2, -0.15) is 15.2 Å². The fourth-order valence-electron chi connectivity index (χ4n) is 4.72. The molecule has 0 spiro atoms. The Balaban J connectivity index is 1.41. The van der Waals surface area contributed by atoms with Crippen molar-refractivity contribution in [3.8, 4) is 28.5 Å². The molecule has 45 heavy (non-hydrogen) atoms. The van der Waals surface area contributed by atoms with Crippen LogP contribution in [0.5, 0.6) is 0 Å². The summed E-state index contributed by atoms with van der Waals surface area (Å²) >= 11 is 0. The Kier molecular flexibility index (Phi) is 7.02. The lowest BCUT2D eigenvalue weighted by atomic mass is 10.1.